The van der Waals surface area contributed by atoms with E-state index >= 15 is 0 Å². The molecule has 0 fully saturated rings. The smallest absolute Gasteiger partial charge is 0.294 e. The summed E-state index contributed by atoms with van der Waals surface area (Å²) in [4.78, 5) is 12.8. The van der Waals surface area contributed by atoms with Crippen molar-refractivity contribution < 1.29 is 24.4 Å². The number of nitrogens with two attached hydrogens (primary N) is 1. The van der Waals surface area contributed by atoms with E-state index in [1.165, 1.54) is 30.1 Å². The number of nitrogen functional groups attached to an aromatic ring is 1. The van der Waals surface area contributed by atoms with E-state index < -0.39 is 5.91 Å². The molecule has 0 saturated carbocycles. The Bertz CT molecular complexity index is 1310. The van der Waals surface area contributed by atoms with Gasteiger partial charge in [-0.1, -0.05) is 17.3 Å². The van der Waals surface area contributed by atoms with Gasteiger partial charge in [0.1, 0.15) is 22.9 Å². The number of nitrogens with zero attached hydrogens (tertiary/aromatic N) is 6. The summed E-state index contributed by atoms with van der Waals surface area (Å²) in [6, 6.07) is 10.8. The van der Waals surface area contributed by atoms with Gasteiger partial charge in [-0.15, -0.1) is 5.10 Å². The molecule has 2 aromatic carbocycles. The van der Waals surface area contributed by atoms with Gasteiger partial charge in [-0.3, -0.25) is 4.79 Å². The fourth-order valence-corrected chi connectivity index (χ4v) is 2.80. The molecule has 32 heavy (non-hydrogen) atoms. The third kappa shape index (κ3) is 3.89. The van der Waals surface area contributed by atoms with Crippen LogP contribution in [0.1, 0.15) is 16.1 Å². The number of nitrogens with one attached hydrogen (secondary N) is 1. The van der Waals surface area contributed by atoms with Crippen molar-refractivity contribution in [2.24, 2.45) is 5.10 Å². The summed E-state index contributed by atoms with van der Waals surface area (Å²) in [5, 5.41) is 38.1. The van der Waals surface area contributed by atoms with E-state index in [0.717, 1.165) is 6.07 Å². The average Bonchev–Trinajstić information content (AvgIpc) is 3.41. The van der Waals surface area contributed by atoms with Crippen LogP contribution in [-0.4, -0.2) is 54.8 Å². The van der Waals surface area contributed by atoms with E-state index in [0.29, 0.717) is 11.3 Å². The Balaban J connectivity index is 1.70. The van der Waals surface area contributed by atoms with Crippen LogP contribution in [0, 0.1) is 0 Å². The molecule has 0 bridgehead atoms. The molecule has 162 valence electrons. The number of benzene rings is 2. The summed E-state index contributed by atoms with van der Waals surface area (Å²) in [6.45, 7) is 0. The van der Waals surface area contributed by atoms with E-state index in [1.54, 1.807) is 24.3 Å². The molecule has 2 aromatic heterocycles. The molecule has 0 radical (unpaired) electrons. The second-order valence-electron chi connectivity index (χ2n) is 6.35. The highest BCUT2D eigenvalue weighted by molar-refractivity contribution is 5.99. The van der Waals surface area contributed by atoms with Gasteiger partial charge < -0.3 is 20.7 Å². The van der Waals surface area contributed by atoms with Crippen LogP contribution in [0.3, 0.4) is 0 Å². The highest BCUT2D eigenvalue weighted by Gasteiger charge is 2.25. The predicted molar refractivity (Wildman–Crippen MR) is 110 cm³/mol. The number of aromatic hydroxyl groups is 2. The fraction of sp³-hybridized carbons (Fsp3) is 0.0526. The number of hydrogen-bond donors (Lipinski definition) is 4. The number of amides is 1. The number of carbonyl (C=O) groups excluding carboxylic acids is 1. The van der Waals surface area contributed by atoms with Gasteiger partial charge in [0.2, 0.25) is 11.6 Å². The third-order valence-corrected chi connectivity index (χ3v) is 4.31. The number of phenols is 2. The molecule has 0 aliphatic carbocycles. The normalized spacial score (nSPS) is 11.0. The standard InChI is InChI=1S/C19H16N8O5/c1-31-13-4-2-3-10(7-13)16-15(22-26-27(16)18-17(20)24-32-25-18)19(30)23-21-9-11-5-6-12(28)8-14(11)29/h2-9,28-29H,1H3,(H2,20,24)(H,23,30)/b21-9+. The molecular formula is C19H16N8O5. The van der Waals surface area contributed by atoms with Crippen LogP contribution in [0.25, 0.3) is 17.1 Å². The molecular weight excluding hydrogens is 420 g/mol. The third-order valence-electron chi connectivity index (χ3n) is 4.31. The number of anilines is 1. The van der Waals surface area contributed by atoms with Crippen LogP contribution in [0.4, 0.5) is 5.82 Å². The monoisotopic (exact) mass is 436 g/mol. The molecule has 4 aromatic rings. The summed E-state index contributed by atoms with van der Waals surface area (Å²) in [7, 11) is 1.51. The number of hydrazone groups is 1. The zero-order valence-electron chi connectivity index (χ0n) is 16.5. The van der Waals surface area contributed by atoms with E-state index in [9.17, 15) is 15.0 Å². The van der Waals surface area contributed by atoms with Crippen molar-refractivity contribution in [3.05, 3.63) is 53.7 Å². The maximum atomic E-state index is 12.8. The predicted octanol–water partition coefficient (Wildman–Crippen LogP) is 1.08. The van der Waals surface area contributed by atoms with Gasteiger partial charge in [0.25, 0.3) is 5.91 Å². The summed E-state index contributed by atoms with van der Waals surface area (Å²) >= 11 is 0. The van der Waals surface area contributed by atoms with Crippen LogP contribution in [-0.2, 0) is 0 Å². The van der Waals surface area contributed by atoms with Crippen molar-refractivity contribution >= 4 is 17.9 Å². The number of carbonyl (C=O) groups is 1. The summed E-state index contributed by atoms with van der Waals surface area (Å²) in [5.41, 5.74) is 9.07. The number of phenolic OH excluding ortho intramolecular Hbond substituents is 2. The number of methoxy groups -OCH3 is 1. The Morgan fingerprint density at radius 2 is 2.09 bits per heavy atom. The van der Waals surface area contributed by atoms with Gasteiger partial charge in [0.15, 0.2) is 5.69 Å². The maximum absolute atomic E-state index is 12.8. The van der Waals surface area contributed by atoms with Crippen molar-refractivity contribution in [1.82, 2.24) is 30.7 Å². The summed E-state index contributed by atoms with van der Waals surface area (Å²) < 4.78 is 11.1. The molecule has 1 amide bonds. The van der Waals surface area contributed by atoms with Gasteiger partial charge in [0.05, 0.1) is 13.3 Å². The van der Waals surface area contributed by atoms with Crippen LogP contribution in [0.15, 0.2) is 52.2 Å². The number of ether oxygens (including phenoxy) is 1. The molecule has 0 spiro atoms. The Morgan fingerprint density at radius 1 is 1.25 bits per heavy atom. The Hall–Kier alpha value is -4.94. The van der Waals surface area contributed by atoms with Gasteiger partial charge in [-0.25, -0.2) is 10.1 Å². The Morgan fingerprint density at radius 3 is 2.81 bits per heavy atom. The minimum atomic E-state index is -0.696. The van der Waals surface area contributed by atoms with E-state index in [4.69, 9.17) is 10.5 Å². The van der Waals surface area contributed by atoms with Crippen molar-refractivity contribution in [2.45, 2.75) is 0 Å². The molecule has 2 heterocycles. The summed E-state index contributed by atoms with van der Waals surface area (Å²) in [6.07, 6.45) is 1.21. The highest BCUT2D eigenvalue weighted by atomic mass is 16.6. The van der Waals surface area contributed by atoms with Gasteiger partial charge >= 0.3 is 0 Å². The molecule has 13 nitrogen and oxygen atoms in total. The van der Waals surface area contributed by atoms with Gasteiger partial charge in [-0.2, -0.15) is 9.78 Å². The molecule has 0 saturated heterocycles. The van der Waals surface area contributed by atoms with Crippen molar-refractivity contribution in [3.8, 4) is 34.3 Å². The second kappa shape index (κ2) is 8.43. The second-order valence-corrected chi connectivity index (χ2v) is 6.35. The lowest BCUT2D eigenvalue weighted by atomic mass is 10.1. The fourth-order valence-electron chi connectivity index (χ4n) is 2.80. The van der Waals surface area contributed by atoms with E-state index in [2.05, 4.69) is 35.8 Å². The zero-order valence-corrected chi connectivity index (χ0v) is 16.5. The average molecular weight is 436 g/mol. The minimum Gasteiger partial charge on any atom is -0.508 e. The van der Waals surface area contributed by atoms with Crippen LogP contribution in [0.5, 0.6) is 17.2 Å². The first kappa shape index (κ1) is 20.3. The SMILES string of the molecule is COc1cccc(-c2c(C(=O)N/N=C/c3ccc(O)cc3O)nnn2-c2nonc2N)c1. The Kier molecular flexibility index (Phi) is 5.36. The number of aromatic nitrogens is 5. The first-order chi connectivity index (χ1) is 15.5. The first-order valence-corrected chi connectivity index (χ1v) is 9.02. The molecule has 0 atom stereocenters. The Labute approximate surface area is 179 Å². The molecule has 13 heteroatoms. The van der Waals surface area contributed by atoms with Crippen LogP contribution >= 0.6 is 0 Å². The van der Waals surface area contributed by atoms with Gasteiger partial charge in [-0.05, 0) is 34.6 Å². The lowest BCUT2D eigenvalue weighted by molar-refractivity contribution is 0.0950. The maximum Gasteiger partial charge on any atom is 0.294 e. The first-order valence-electron chi connectivity index (χ1n) is 9.02. The largest absolute Gasteiger partial charge is 0.508 e. The van der Waals surface area contributed by atoms with Gasteiger partial charge in [0, 0.05) is 17.2 Å². The topological polar surface area (TPSA) is 187 Å². The minimum absolute atomic E-state index is 0.0480. The zero-order chi connectivity index (χ0) is 22.7. The lowest BCUT2D eigenvalue weighted by Crippen LogP contribution is -2.19. The number of hydrogen-bond acceptors (Lipinski definition) is 11. The van der Waals surface area contributed by atoms with E-state index in [1.807, 2.05) is 0 Å². The molecule has 0 aliphatic rings. The molecule has 5 N–H and O–H groups in total. The van der Waals surface area contributed by atoms with Crippen molar-refractivity contribution in [2.75, 3.05) is 12.8 Å². The summed E-state index contributed by atoms with van der Waals surface area (Å²) in [5.74, 6) is -0.476. The molecule has 0 aliphatic heterocycles. The van der Waals surface area contributed by atoms with Crippen molar-refractivity contribution in [1.29, 1.82) is 0 Å². The highest BCUT2D eigenvalue weighted by Crippen LogP contribution is 2.29. The molecule has 4 rings (SSSR count). The van der Waals surface area contributed by atoms with Crippen LogP contribution in [0.2, 0.25) is 0 Å². The molecule has 0 unspecified atom stereocenters. The number of rotatable bonds is 6. The lowest BCUT2D eigenvalue weighted by Gasteiger charge is -2.07. The van der Waals surface area contributed by atoms with E-state index in [-0.39, 0.29) is 40.1 Å². The van der Waals surface area contributed by atoms with Crippen LogP contribution < -0.4 is 15.9 Å². The quantitative estimate of drug-likeness (QED) is 0.252. The van der Waals surface area contributed by atoms with Crippen molar-refractivity contribution in [3.63, 3.8) is 0 Å².